The first-order valence-electron chi connectivity index (χ1n) is 4.61. The standard InChI is InChI=1S/C12H11NO2/c1-2-10(7-12(14)15)11-5-3-9(8-13)4-6-11/h3-7H,2H2,1H3,(H,14,15)/b10-7+. The number of carboxylic acid groups (broad SMARTS) is 1. The van der Waals surface area contributed by atoms with Crippen LogP contribution in [-0.2, 0) is 4.79 Å². The third-order valence-electron chi connectivity index (χ3n) is 2.06. The van der Waals surface area contributed by atoms with Gasteiger partial charge in [0.05, 0.1) is 11.6 Å². The lowest BCUT2D eigenvalue weighted by molar-refractivity contribution is -0.131. The zero-order valence-electron chi connectivity index (χ0n) is 8.40. The van der Waals surface area contributed by atoms with Crippen molar-refractivity contribution in [1.82, 2.24) is 0 Å². The molecule has 76 valence electrons. The molecule has 0 aliphatic carbocycles. The lowest BCUT2D eigenvalue weighted by atomic mass is 10.0. The summed E-state index contributed by atoms with van der Waals surface area (Å²) in [5.74, 6) is -0.948. The average Bonchev–Trinajstić information content (AvgIpc) is 2.26. The van der Waals surface area contributed by atoms with Crippen molar-refractivity contribution in [2.45, 2.75) is 13.3 Å². The summed E-state index contributed by atoms with van der Waals surface area (Å²) in [4.78, 5) is 10.5. The number of aliphatic carboxylic acids is 1. The molecular formula is C12H11NO2. The fourth-order valence-electron chi connectivity index (χ4n) is 1.30. The molecule has 0 fully saturated rings. The summed E-state index contributed by atoms with van der Waals surface area (Å²) < 4.78 is 0. The first-order chi connectivity index (χ1) is 7.17. The molecule has 1 aromatic rings. The maximum absolute atomic E-state index is 10.5. The molecule has 3 heteroatoms. The van der Waals surface area contributed by atoms with Gasteiger partial charge in [-0.3, -0.25) is 0 Å². The highest BCUT2D eigenvalue weighted by Gasteiger charge is 2.01. The van der Waals surface area contributed by atoms with E-state index in [1.807, 2.05) is 13.0 Å². The maximum Gasteiger partial charge on any atom is 0.328 e. The predicted molar refractivity (Wildman–Crippen MR) is 57.1 cm³/mol. The second-order valence-corrected chi connectivity index (χ2v) is 3.05. The molecule has 0 aromatic heterocycles. The molecule has 0 aliphatic heterocycles. The molecule has 0 unspecified atom stereocenters. The summed E-state index contributed by atoms with van der Waals surface area (Å²) in [5, 5.41) is 17.3. The molecule has 0 atom stereocenters. The van der Waals surface area contributed by atoms with Crippen LogP contribution in [0.25, 0.3) is 5.57 Å². The number of allylic oxidation sites excluding steroid dienone is 1. The van der Waals surface area contributed by atoms with E-state index >= 15 is 0 Å². The number of nitrogens with zero attached hydrogens (tertiary/aromatic N) is 1. The summed E-state index contributed by atoms with van der Waals surface area (Å²) in [7, 11) is 0. The van der Waals surface area contributed by atoms with Crippen molar-refractivity contribution in [3.63, 3.8) is 0 Å². The Bertz CT molecular complexity index is 424. The fourth-order valence-corrected chi connectivity index (χ4v) is 1.30. The van der Waals surface area contributed by atoms with Crippen LogP contribution in [-0.4, -0.2) is 11.1 Å². The molecule has 0 amide bonds. The van der Waals surface area contributed by atoms with E-state index in [0.29, 0.717) is 12.0 Å². The molecule has 1 rings (SSSR count). The van der Waals surface area contributed by atoms with Gasteiger partial charge in [0.25, 0.3) is 0 Å². The highest BCUT2D eigenvalue weighted by Crippen LogP contribution is 2.18. The highest BCUT2D eigenvalue weighted by molar-refractivity contribution is 5.89. The first-order valence-corrected chi connectivity index (χ1v) is 4.61. The van der Waals surface area contributed by atoms with E-state index in [-0.39, 0.29) is 0 Å². The number of rotatable bonds is 3. The summed E-state index contributed by atoms with van der Waals surface area (Å²) in [6.45, 7) is 1.90. The Morgan fingerprint density at radius 3 is 2.47 bits per heavy atom. The Kier molecular flexibility index (Phi) is 3.64. The smallest absolute Gasteiger partial charge is 0.328 e. The Labute approximate surface area is 88.3 Å². The lowest BCUT2D eigenvalue weighted by Gasteiger charge is -2.03. The quantitative estimate of drug-likeness (QED) is 0.764. The van der Waals surface area contributed by atoms with Gasteiger partial charge in [-0.05, 0) is 29.7 Å². The Balaban J connectivity index is 3.04. The summed E-state index contributed by atoms with van der Waals surface area (Å²) >= 11 is 0. The van der Waals surface area contributed by atoms with E-state index in [1.54, 1.807) is 24.3 Å². The molecule has 15 heavy (non-hydrogen) atoms. The monoisotopic (exact) mass is 201 g/mol. The summed E-state index contributed by atoms with van der Waals surface area (Å²) in [6, 6.07) is 8.90. The molecular weight excluding hydrogens is 190 g/mol. The molecule has 0 aliphatic rings. The number of benzene rings is 1. The van der Waals surface area contributed by atoms with Gasteiger partial charge in [0, 0.05) is 6.08 Å². The Hall–Kier alpha value is -2.08. The van der Waals surface area contributed by atoms with Gasteiger partial charge < -0.3 is 5.11 Å². The largest absolute Gasteiger partial charge is 0.478 e. The molecule has 0 saturated heterocycles. The molecule has 0 radical (unpaired) electrons. The van der Waals surface area contributed by atoms with Gasteiger partial charge in [-0.1, -0.05) is 19.1 Å². The van der Waals surface area contributed by atoms with Gasteiger partial charge in [-0.2, -0.15) is 5.26 Å². The molecule has 0 heterocycles. The molecule has 1 aromatic carbocycles. The molecule has 3 nitrogen and oxygen atoms in total. The van der Waals surface area contributed by atoms with E-state index in [2.05, 4.69) is 0 Å². The van der Waals surface area contributed by atoms with Crippen LogP contribution >= 0.6 is 0 Å². The van der Waals surface area contributed by atoms with Crippen LogP contribution in [0.4, 0.5) is 0 Å². The molecule has 0 saturated carbocycles. The van der Waals surface area contributed by atoms with Crippen molar-refractivity contribution >= 4 is 11.5 Å². The Morgan fingerprint density at radius 2 is 2.07 bits per heavy atom. The van der Waals surface area contributed by atoms with Crippen LogP contribution in [0.1, 0.15) is 24.5 Å². The van der Waals surface area contributed by atoms with Crippen molar-refractivity contribution in [2.24, 2.45) is 0 Å². The zero-order valence-corrected chi connectivity index (χ0v) is 8.40. The van der Waals surface area contributed by atoms with Crippen LogP contribution < -0.4 is 0 Å². The summed E-state index contributed by atoms with van der Waals surface area (Å²) in [6.07, 6.45) is 1.85. The van der Waals surface area contributed by atoms with Crippen molar-refractivity contribution < 1.29 is 9.90 Å². The highest BCUT2D eigenvalue weighted by atomic mass is 16.4. The van der Waals surface area contributed by atoms with Crippen molar-refractivity contribution in [3.05, 3.63) is 41.5 Å². The van der Waals surface area contributed by atoms with Crippen molar-refractivity contribution in [2.75, 3.05) is 0 Å². The van der Waals surface area contributed by atoms with Gasteiger partial charge in [-0.25, -0.2) is 4.79 Å². The van der Waals surface area contributed by atoms with Crippen LogP contribution in [0.2, 0.25) is 0 Å². The van der Waals surface area contributed by atoms with Gasteiger partial charge in [-0.15, -0.1) is 0 Å². The Morgan fingerprint density at radius 1 is 1.47 bits per heavy atom. The number of nitriles is 1. The minimum absolute atomic E-state index is 0.574. The van der Waals surface area contributed by atoms with E-state index in [0.717, 1.165) is 11.1 Å². The van der Waals surface area contributed by atoms with Crippen molar-refractivity contribution in [3.8, 4) is 6.07 Å². The van der Waals surface area contributed by atoms with Crippen molar-refractivity contribution in [1.29, 1.82) is 5.26 Å². The number of hydrogen-bond acceptors (Lipinski definition) is 2. The topological polar surface area (TPSA) is 61.1 Å². The zero-order chi connectivity index (χ0) is 11.3. The van der Waals surface area contributed by atoms with Gasteiger partial charge >= 0.3 is 5.97 Å². The minimum atomic E-state index is -0.948. The molecule has 0 bridgehead atoms. The van der Waals surface area contributed by atoms with Gasteiger partial charge in [0.15, 0.2) is 0 Å². The predicted octanol–water partition coefficient (Wildman–Crippen LogP) is 2.44. The van der Waals surface area contributed by atoms with Crippen LogP contribution in [0.5, 0.6) is 0 Å². The second-order valence-electron chi connectivity index (χ2n) is 3.05. The molecule has 1 N–H and O–H groups in total. The van der Waals surface area contributed by atoms with Gasteiger partial charge in [0.2, 0.25) is 0 Å². The minimum Gasteiger partial charge on any atom is -0.478 e. The third-order valence-corrected chi connectivity index (χ3v) is 2.06. The second kappa shape index (κ2) is 4.97. The van der Waals surface area contributed by atoms with Gasteiger partial charge in [0.1, 0.15) is 0 Å². The number of carbonyl (C=O) groups is 1. The average molecular weight is 201 g/mol. The first kappa shape index (κ1) is 11.0. The van der Waals surface area contributed by atoms with E-state index < -0.39 is 5.97 Å². The third kappa shape index (κ3) is 2.96. The number of carboxylic acids is 1. The fraction of sp³-hybridized carbons (Fsp3) is 0.167. The maximum atomic E-state index is 10.5. The normalized spacial score (nSPS) is 10.8. The van der Waals surface area contributed by atoms with E-state index in [1.165, 1.54) is 6.08 Å². The van der Waals surface area contributed by atoms with Crippen LogP contribution in [0, 0.1) is 11.3 Å². The SMILES string of the molecule is CC/C(=C\C(=O)O)c1ccc(C#N)cc1. The van der Waals surface area contributed by atoms with E-state index in [9.17, 15) is 4.79 Å². The lowest BCUT2D eigenvalue weighted by Crippen LogP contribution is -1.92. The van der Waals surface area contributed by atoms with E-state index in [4.69, 9.17) is 10.4 Å². The molecule has 0 spiro atoms. The van der Waals surface area contributed by atoms with Crippen LogP contribution in [0.15, 0.2) is 30.3 Å². The number of hydrogen-bond donors (Lipinski definition) is 1. The summed E-state index contributed by atoms with van der Waals surface area (Å²) in [5.41, 5.74) is 2.18. The van der Waals surface area contributed by atoms with Crippen LogP contribution in [0.3, 0.4) is 0 Å².